The fraction of sp³-hybridized carbons (Fsp3) is 0.318. The predicted molar refractivity (Wildman–Crippen MR) is 114 cm³/mol. The predicted octanol–water partition coefficient (Wildman–Crippen LogP) is 2.20. The van der Waals surface area contributed by atoms with E-state index in [-0.39, 0.29) is 18.6 Å². The molecule has 0 bridgehead atoms. The summed E-state index contributed by atoms with van der Waals surface area (Å²) in [6, 6.07) is 11.3. The van der Waals surface area contributed by atoms with Gasteiger partial charge in [0.05, 0.1) is 12.8 Å². The van der Waals surface area contributed by atoms with Crippen LogP contribution in [0.3, 0.4) is 0 Å². The number of aliphatic carboxylic acids is 1. The molecular weight excluding hydrogens is 421 g/mol. The van der Waals surface area contributed by atoms with Crippen molar-refractivity contribution >= 4 is 45.7 Å². The molecule has 0 radical (unpaired) electrons. The first-order valence-electron chi connectivity index (χ1n) is 9.95. The molecule has 1 aliphatic heterocycles. The first-order valence-corrected chi connectivity index (χ1v) is 9.95. The fourth-order valence-electron chi connectivity index (χ4n) is 3.40. The van der Waals surface area contributed by atoms with Gasteiger partial charge in [-0.15, -0.1) is 0 Å². The SMILES string of the molecule is CCC1(C(=O)NC(CC(=O)O)C(=O)CF)CC(C(=O)Nc2cccc3ccccc23)=NO1. The third-order valence-corrected chi connectivity index (χ3v) is 5.27. The molecule has 1 heterocycles. The van der Waals surface area contributed by atoms with Crippen molar-refractivity contribution in [2.45, 2.75) is 37.8 Å². The highest BCUT2D eigenvalue weighted by molar-refractivity contribution is 6.44. The number of rotatable bonds is 9. The molecule has 0 fully saturated rings. The van der Waals surface area contributed by atoms with Crippen molar-refractivity contribution in [2.75, 3.05) is 12.0 Å². The van der Waals surface area contributed by atoms with Crippen molar-refractivity contribution in [3.63, 3.8) is 0 Å². The lowest BCUT2D eigenvalue weighted by Crippen LogP contribution is -2.53. The number of nitrogens with zero attached hydrogens (tertiary/aromatic N) is 1. The molecule has 2 unspecified atom stereocenters. The van der Waals surface area contributed by atoms with Crippen LogP contribution >= 0.6 is 0 Å². The van der Waals surface area contributed by atoms with Crippen LogP contribution in [0.5, 0.6) is 0 Å². The molecule has 10 heteroatoms. The number of carboxylic acids is 1. The molecule has 0 aliphatic carbocycles. The Balaban J connectivity index is 1.73. The molecule has 2 amide bonds. The number of oxime groups is 1. The smallest absolute Gasteiger partial charge is 0.305 e. The van der Waals surface area contributed by atoms with Gasteiger partial charge in [0.25, 0.3) is 11.8 Å². The fourth-order valence-corrected chi connectivity index (χ4v) is 3.40. The number of hydrogen-bond donors (Lipinski definition) is 3. The van der Waals surface area contributed by atoms with E-state index in [9.17, 15) is 23.6 Å². The summed E-state index contributed by atoms with van der Waals surface area (Å²) in [5.41, 5.74) is -1.09. The summed E-state index contributed by atoms with van der Waals surface area (Å²) in [6.07, 6.45) is -0.893. The van der Waals surface area contributed by atoms with Crippen LogP contribution in [0.25, 0.3) is 10.8 Å². The van der Waals surface area contributed by atoms with Gasteiger partial charge >= 0.3 is 5.97 Å². The Morgan fingerprint density at radius 3 is 2.59 bits per heavy atom. The molecule has 168 valence electrons. The van der Waals surface area contributed by atoms with E-state index >= 15 is 0 Å². The lowest BCUT2D eigenvalue weighted by Gasteiger charge is -2.26. The molecule has 32 heavy (non-hydrogen) atoms. The van der Waals surface area contributed by atoms with Crippen molar-refractivity contribution in [1.29, 1.82) is 0 Å². The summed E-state index contributed by atoms with van der Waals surface area (Å²) >= 11 is 0. The number of hydrogen-bond acceptors (Lipinski definition) is 6. The van der Waals surface area contributed by atoms with E-state index in [1.807, 2.05) is 30.3 Å². The number of carbonyl (C=O) groups is 4. The number of benzene rings is 2. The second-order valence-corrected chi connectivity index (χ2v) is 7.36. The summed E-state index contributed by atoms with van der Waals surface area (Å²) in [7, 11) is 0. The van der Waals surface area contributed by atoms with Crippen molar-refractivity contribution in [3.05, 3.63) is 42.5 Å². The topological polar surface area (TPSA) is 134 Å². The van der Waals surface area contributed by atoms with E-state index in [2.05, 4.69) is 15.8 Å². The molecule has 2 atom stereocenters. The first-order chi connectivity index (χ1) is 15.3. The number of fused-ring (bicyclic) bond motifs is 1. The largest absolute Gasteiger partial charge is 0.481 e. The number of Topliss-reactive ketones (excluding diaryl/α,β-unsaturated/α-hetero) is 1. The minimum absolute atomic E-state index is 0.0402. The average molecular weight is 443 g/mol. The molecule has 3 rings (SSSR count). The second-order valence-electron chi connectivity index (χ2n) is 7.36. The van der Waals surface area contributed by atoms with Crippen molar-refractivity contribution in [3.8, 4) is 0 Å². The Kier molecular flexibility index (Phi) is 6.82. The number of carbonyl (C=O) groups excluding carboxylic acids is 3. The van der Waals surface area contributed by atoms with E-state index in [0.29, 0.717) is 5.69 Å². The van der Waals surface area contributed by atoms with Crippen LogP contribution in [0.4, 0.5) is 10.1 Å². The summed E-state index contributed by atoms with van der Waals surface area (Å²) < 4.78 is 12.8. The Labute approximate surface area is 182 Å². The van der Waals surface area contributed by atoms with E-state index in [0.717, 1.165) is 10.8 Å². The van der Waals surface area contributed by atoms with E-state index in [1.54, 1.807) is 19.1 Å². The molecule has 2 aromatic rings. The molecule has 1 aliphatic rings. The molecular formula is C22H22FN3O6. The summed E-state index contributed by atoms with van der Waals surface area (Å²) in [6.45, 7) is 0.192. The third kappa shape index (κ3) is 4.74. The normalized spacial score (nSPS) is 18.4. The van der Waals surface area contributed by atoms with Crippen LogP contribution in [-0.4, -0.2) is 52.7 Å². The zero-order valence-corrected chi connectivity index (χ0v) is 17.3. The van der Waals surface area contributed by atoms with Gasteiger partial charge < -0.3 is 20.6 Å². The molecule has 0 saturated carbocycles. The van der Waals surface area contributed by atoms with Crippen molar-refractivity contribution in [2.24, 2.45) is 5.16 Å². The van der Waals surface area contributed by atoms with E-state index in [1.165, 1.54) is 0 Å². The monoisotopic (exact) mass is 443 g/mol. The Hall–Kier alpha value is -3.82. The number of amides is 2. The van der Waals surface area contributed by atoms with E-state index < -0.39 is 48.3 Å². The van der Waals surface area contributed by atoms with E-state index in [4.69, 9.17) is 9.94 Å². The number of ketones is 1. The van der Waals surface area contributed by atoms with Crippen molar-refractivity contribution in [1.82, 2.24) is 5.32 Å². The maximum atomic E-state index is 12.8. The lowest BCUT2D eigenvalue weighted by atomic mass is 9.92. The van der Waals surface area contributed by atoms with Gasteiger partial charge in [0, 0.05) is 11.1 Å². The summed E-state index contributed by atoms with van der Waals surface area (Å²) in [4.78, 5) is 53.5. The third-order valence-electron chi connectivity index (χ3n) is 5.27. The number of alkyl halides is 1. The highest BCUT2D eigenvalue weighted by atomic mass is 19.1. The van der Waals surface area contributed by atoms with Gasteiger partial charge in [-0.25, -0.2) is 4.39 Å². The Morgan fingerprint density at radius 1 is 1.19 bits per heavy atom. The van der Waals surface area contributed by atoms with Gasteiger partial charge in [-0.3, -0.25) is 19.2 Å². The first kappa shape index (κ1) is 22.9. The zero-order chi connectivity index (χ0) is 23.3. The second kappa shape index (κ2) is 9.54. The van der Waals surface area contributed by atoms with Gasteiger partial charge in [-0.05, 0) is 17.9 Å². The molecule has 0 spiro atoms. The maximum Gasteiger partial charge on any atom is 0.305 e. The molecule has 0 saturated heterocycles. The van der Waals surface area contributed by atoms with Gasteiger partial charge in [-0.1, -0.05) is 48.5 Å². The quantitative estimate of drug-likeness (QED) is 0.544. The van der Waals surface area contributed by atoms with Crippen LogP contribution < -0.4 is 10.6 Å². The standard InChI is InChI=1S/C22H22FN3O6/c1-2-22(21(31)25-16(10-19(28)29)18(27)12-23)11-17(26-32-22)20(30)24-15-9-5-7-13-6-3-4-8-14(13)15/h3-9,16H,2,10-12H2,1H3,(H,24,30)(H,25,31)(H,28,29). The average Bonchev–Trinajstić information content (AvgIpc) is 3.24. The minimum Gasteiger partial charge on any atom is -0.481 e. The summed E-state index contributed by atoms with van der Waals surface area (Å²) in [5, 5.41) is 19.4. The van der Waals surface area contributed by atoms with Gasteiger partial charge in [0.1, 0.15) is 18.4 Å². The van der Waals surface area contributed by atoms with Crippen LogP contribution in [-0.2, 0) is 24.0 Å². The number of carboxylic acid groups (broad SMARTS) is 1. The minimum atomic E-state index is -1.61. The Morgan fingerprint density at radius 2 is 1.91 bits per heavy atom. The van der Waals surface area contributed by atoms with Gasteiger partial charge in [0.15, 0.2) is 5.78 Å². The van der Waals surface area contributed by atoms with Crippen molar-refractivity contribution < 1.29 is 33.5 Å². The van der Waals surface area contributed by atoms with Crippen LogP contribution in [0.1, 0.15) is 26.2 Å². The highest BCUT2D eigenvalue weighted by Crippen LogP contribution is 2.29. The van der Waals surface area contributed by atoms with Gasteiger partial charge in [-0.2, -0.15) is 0 Å². The molecule has 0 aromatic heterocycles. The molecule has 3 N–H and O–H groups in total. The molecule has 9 nitrogen and oxygen atoms in total. The zero-order valence-electron chi connectivity index (χ0n) is 17.3. The molecule has 2 aromatic carbocycles. The van der Waals surface area contributed by atoms with Gasteiger partial charge in [0.2, 0.25) is 5.60 Å². The van der Waals surface area contributed by atoms with Crippen LogP contribution in [0.2, 0.25) is 0 Å². The number of halogens is 1. The van der Waals surface area contributed by atoms with Crippen LogP contribution in [0, 0.1) is 0 Å². The number of nitrogens with one attached hydrogen (secondary N) is 2. The number of anilines is 1. The summed E-state index contributed by atoms with van der Waals surface area (Å²) in [5.74, 6) is -3.85. The Bertz CT molecular complexity index is 1100. The lowest BCUT2D eigenvalue weighted by molar-refractivity contribution is -0.148. The van der Waals surface area contributed by atoms with Crippen LogP contribution in [0.15, 0.2) is 47.6 Å². The highest BCUT2D eigenvalue weighted by Gasteiger charge is 2.47. The maximum absolute atomic E-state index is 12.8.